The zero-order valence-corrected chi connectivity index (χ0v) is 16.3. The summed E-state index contributed by atoms with van der Waals surface area (Å²) in [6.45, 7) is 1.85. The van der Waals surface area contributed by atoms with E-state index in [2.05, 4.69) is 4.98 Å². The van der Waals surface area contributed by atoms with Crippen molar-refractivity contribution in [1.29, 1.82) is 0 Å². The first kappa shape index (κ1) is 19.2. The maximum atomic E-state index is 13.3. The van der Waals surface area contributed by atoms with E-state index in [1.807, 2.05) is 37.3 Å². The van der Waals surface area contributed by atoms with Crippen LogP contribution in [0, 0.1) is 12.7 Å². The second-order valence-electron chi connectivity index (χ2n) is 6.27. The summed E-state index contributed by atoms with van der Waals surface area (Å²) in [4.78, 5) is 17.5. The summed E-state index contributed by atoms with van der Waals surface area (Å²) in [5.41, 5.74) is 3.17. The molecule has 0 unspecified atom stereocenters. The Kier molecular flexibility index (Phi) is 5.96. The average Bonchev–Trinajstić information content (AvgIpc) is 2.67. The normalized spacial score (nSPS) is 10.8. The number of hydrogen-bond donors (Lipinski definition) is 0. The van der Waals surface area contributed by atoms with Crippen molar-refractivity contribution >= 4 is 11.8 Å². The SMILES string of the molecule is COc1cccc(Cc2c(C)nc(SCc3cccc(F)c3)n(C)c2=O)c1. The number of methoxy groups -OCH3 is 1. The highest BCUT2D eigenvalue weighted by atomic mass is 32.2. The van der Waals surface area contributed by atoms with E-state index in [0.717, 1.165) is 16.9 Å². The molecular weight excluding hydrogens is 363 g/mol. The third-order valence-corrected chi connectivity index (χ3v) is 5.42. The zero-order chi connectivity index (χ0) is 19.4. The van der Waals surface area contributed by atoms with Gasteiger partial charge in [-0.3, -0.25) is 9.36 Å². The standard InChI is InChI=1S/C21H21FN2O2S/c1-14-19(12-15-6-5-9-18(11-15)26-3)20(25)24(2)21(23-14)27-13-16-7-4-8-17(22)10-16/h4-11H,12-13H2,1-3H3. The Bertz CT molecular complexity index is 1020. The summed E-state index contributed by atoms with van der Waals surface area (Å²) >= 11 is 1.42. The van der Waals surface area contributed by atoms with Gasteiger partial charge >= 0.3 is 0 Å². The van der Waals surface area contributed by atoms with Crippen LogP contribution in [0.3, 0.4) is 0 Å². The number of aryl methyl sites for hydroxylation is 1. The van der Waals surface area contributed by atoms with Crippen molar-refractivity contribution in [3.05, 3.63) is 87.1 Å². The first-order valence-corrected chi connectivity index (χ1v) is 9.53. The molecule has 4 nitrogen and oxygen atoms in total. The van der Waals surface area contributed by atoms with Crippen LogP contribution in [-0.4, -0.2) is 16.7 Å². The van der Waals surface area contributed by atoms with Crippen LogP contribution in [0.15, 0.2) is 58.5 Å². The third kappa shape index (κ3) is 4.57. The van der Waals surface area contributed by atoms with Crippen LogP contribution in [0.25, 0.3) is 0 Å². The Hall–Kier alpha value is -2.60. The zero-order valence-electron chi connectivity index (χ0n) is 15.5. The molecule has 140 valence electrons. The van der Waals surface area contributed by atoms with Gasteiger partial charge in [-0.1, -0.05) is 36.0 Å². The lowest BCUT2D eigenvalue weighted by molar-refractivity contribution is 0.414. The third-order valence-electron chi connectivity index (χ3n) is 4.32. The van der Waals surface area contributed by atoms with E-state index in [0.29, 0.717) is 28.6 Å². The van der Waals surface area contributed by atoms with Crippen LogP contribution in [0.4, 0.5) is 4.39 Å². The summed E-state index contributed by atoms with van der Waals surface area (Å²) in [6, 6.07) is 14.1. The molecule has 0 fully saturated rings. The van der Waals surface area contributed by atoms with Crippen LogP contribution in [0.1, 0.15) is 22.4 Å². The topological polar surface area (TPSA) is 44.1 Å². The van der Waals surface area contributed by atoms with Crippen molar-refractivity contribution in [1.82, 2.24) is 9.55 Å². The van der Waals surface area contributed by atoms with Gasteiger partial charge in [-0.25, -0.2) is 9.37 Å². The van der Waals surface area contributed by atoms with E-state index < -0.39 is 0 Å². The van der Waals surface area contributed by atoms with Crippen molar-refractivity contribution in [3.8, 4) is 5.75 Å². The fourth-order valence-electron chi connectivity index (χ4n) is 2.82. The molecule has 3 rings (SSSR count). The van der Waals surface area contributed by atoms with Gasteiger partial charge in [0.25, 0.3) is 5.56 Å². The smallest absolute Gasteiger partial charge is 0.257 e. The molecule has 0 saturated heterocycles. The number of ether oxygens (including phenoxy) is 1. The predicted molar refractivity (Wildman–Crippen MR) is 106 cm³/mol. The van der Waals surface area contributed by atoms with Gasteiger partial charge in [0.15, 0.2) is 5.16 Å². The number of halogens is 1. The van der Waals surface area contributed by atoms with Crippen LogP contribution in [0.2, 0.25) is 0 Å². The average molecular weight is 384 g/mol. The molecule has 3 aromatic rings. The van der Waals surface area contributed by atoms with Gasteiger partial charge in [0.05, 0.1) is 7.11 Å². The molecule has 0 N–H and O–H groups in total. The first-order valence-electron chi connectivity index (χ1n) is 8.54. The molecule has 0 atom stereocenters. The minimum atomic E-state index is -0.264. The van der Waals surface area contributed by atoms with E-state index in [-0.39, 0.29) is 11.4 Å². The lowest BCUT2D eigenvalue weighted by atomic mass is 10.0. The van der Waals surface area contributed by atoms with Crippen molar-refractivity contribution in [2.24, 2.45) is 7.05 Å². The largest absolute Gasteiger partial charge is 0.497 e. The molecule has 27 heavy (non-hydrogen) atoms. The number of hydrogen-bond acceptors (Lipinski definition) is 4. The summed E-state index contributed by atoms with van der Waals surface area (Å²) in [7, 11) is 3.34. The molecule has 1 heterocycles. The number of aromatic nitrogens is 2. The molecule has 0 bridgehead atoms. The lowest BCUT2D eigenvalue weighted by Crippen LogP contribution is -2.25. The molecular formula is C21H21FN2O2S. The highest BCUT2D eigenvalue weighted by molar-refractivity contribution is 7.98. The van der Waals surface area contributed by atoms with Gasteiger partial charge in [0.1, 0.15) is 11.6 Å². The Balaban J connectivity index is 1.84. The quantitative estimate of drug-likeness (QED) is 0.474. The summed E-state index contributed by atoms with van der Waals surface area (Å²) in [5, 5.41) is 0.621. The Morgan fingerprint density at radius 2 is 1.89 bits per heavy atom. The molecule has 0 radical (unpaired) electrons. The molecule has 0 aliphatic carbocycles. The van der Waals surface area contributed by atoms with Gasteiger partial charge in [0, 0.05) is 30.5 Å². The van der Waals surface area contributed by atoms with E-state index in [1.54, 1.807) is 24.8 Å². The van der Waals surface area contributed by atoms with Gasteiger partial charge in [-0.05, 0) is 42.3 Å². The van der Waals surface area contributed by atoms with E-state index in [4.69, 9.17) is 4.74 Å². The van der Waals surface area contributed by atoms with Crippen molar-refractivity contribution in [2.45, 2.75) is 24.3 Å². The minimum Gasteiger partial charge on any atom is -0.497 e. The van der Waals surface area contributed by atoms with E-state index in [9.17, 15) is 9.18 Å². The fourth-order valence-corrected chi connectivity index (χ4v) is 3.78. The summed E-state index contributed by atoms with van der Waals surface area (Å²) in [6.07, 6.45) is 0.498. The second kappa shape index (κ2) is 8.39. The molecule has 6 heteroatoms. The number of thioether (sulfide) groups is 1. The Morgan fingerprint density at radius 1 is 1.15 bits per heavy atom. The lowest BCUT2D eigenvalue weighted by Gasteiger charge is -2.12. The summed E-state index contributed by atoms with van der Waals surface area (Å²) < 4.78 is 20.1. The van der Waals surface area contributed by atoms with E-state index >= 15 is 0 Å². The van der Waals surface area contributed by atoms with E-state index in [1.165, 1.54) is 23.9 Å². The highest BCUT2D eigenvalue weighted by Gasteiger charge is 2.13. The molecule has 0 spiro atoms. The monoisotopic (exact) mass is 384 g/mol. The second-order valence-corrected chi connectivity index (χ2v) is 7.21. The van der Waals surface area contributed by atoms with Gasteiger partial charge in [-0.2, -0.15) is 0 Å². The number of benzene rings is 2. The van der Waals surface area contributed by atoms with Gasteiger partial charge in [0.2, 0.25) is 0 Å². The van der Waals surface area contributed by atoms with Crippen LogP contribution in [-0.2, 0) is 19.2 Å². The summed E-state index contributed by atoms with van der Waals surface area (Å²) in [5.74, 6) is 1.05. The van der Waals surface area contributed by atoms with Gasteiger partial charge in [-0.15, -0.1) is 0 Å². The van der Waals surface area contributed by atoms with Crippen LogP contribution in [0.5, 0.6) is 5.75 Å². The molecule has 0 aliphatic heterocycles. The maximum Gasteiger partial charge on any atom is 0.257 e. The molecule has 2 aromatic carbocycles. The Morgan fingerprint density at radius 3 is 2.63 bits per heavy atom. The predicted octanol–water partition coefficient (Wildman–Crippen LogP) is 4.12. The minimum absolute atomic E-state index is 0.0629. The fraction of sp³-hybridized carbons (Fsp3) is 0.238. The number of rotatable bonds is 6. The molecule has 0 saturated carbocycles. The number of nitrogens with zero attached hydrogens (tertiary/aromatic N) is 2. The Labute approximate surface area is 162 Å². The van der Waals surface area contributed by atoms with Gasteiger partial charge < -0.3 is 4.74 Å². The molecule has 1 aromatic heterocycles. The molecule has 0 amide bonds. The van der Waals surface area contributed by atoms with Crippen molar-refractivity contribution in [2.75, 3.05) is 7.11 Å². The highest BCUT2D eigenvalue weighted by Crippen LogP contribution is 2.22. The van der Waals surface area contributed by atoms with Crippen LogP contribution < -0.4 is 10.3 Å². The van der Waals surface area contributed by atoms with Crippen LogP contribution >= 0.6 is 11.8 Å². The first-order chi connectivity index (χ1) is 13.0. The maximum absolute atomic E-state index is 13.3. The van der Waals surface area contributed by atoms with Crippen molar-refractivity contribution < 1.29 is 9.13 Å². The van der Waals surface area contributed by atoms with Crippen molar-refractivity contribution in [3.63, 3.8) is 0 Å². The molecule has 0 aliphatic rings.